The number of amides is 1. The highest BCUT2D eigenvalue weighted by Gasteiger charge is 2.20. The largest absolute Gasteiger partial charge is 0.336 e. The van der Waals surface area contributed by atoms with E-state index in [-0.39, 0.29) is 5.91 Å². The first-order chi connectivity index (χ1) is 7.77. The minimum absolute atomic E-state index is 0.153. The van der Waals surface area contributed by atoms with Crippen LogP contribution in [0.4, 0.5) is 0 Å². The zero-order valence-electron chi connectivity index (χ0n) is 9.56. The SMILES string of the molecule is CC1CCCCN1C(=O)/C=C/c1cccs1. The molecule has 1 aromatic heterocycles. The molecule has 2 nitrogen and oxygen atoms in total. The van der Waals surface area contributed by atoms with Gasteiger partial charge >= 0.3 is 0 Å². The van der Waals surface area contributed by atoms with Gasteiger partial charge in [-0.25, -0.2) is 0 Å². The van der Waals surface area contributed by atoms with Crippen LogP contribution >= 0.6 is 11.3 Å². The highest BCUT2D eigenvalue weighted by atomic mass is 32.1. The van der Waals surface area contributed by atoms with Gasteiger partial charge in [0.2, 0.25) is 5.91 Å². The molecule has 1 aliphatic heterocycles. The molecule has 0 N–H and O–H groups in total. The van der Waals surface area contributed by atoms with Crippen LogP contribution in [-0.4, -0.2) is 23.4 Å². The summed E-state index contributed by atoms with van der Waals surface area (Å²) in [7, 11) is 0. The summed E-state index contributed by atoms with van der Waals surface area (Å²) in [6.07, 6.45) is 7.14. The molecular weight excluding hydrogens is 218 g/mol. The standard InChI is InChI=1S/C13H17NOS/c1-11-5-2-3-9-14(11)13(15)8-7-12-6-4-10-16-12/h4,6-8,10-11H,2-3,5,9H2,1H3/b8-7+. The van der Waals surface area contributed by atoms with Crippen molar-refractivity contribution in [2.24, 2.45) is 0 Å². The molecule has 0 spiro atoms. The molecule has 1 amide bonds. The molecule has 3 heteroatoms. The normalized spacial score (nSPS) is 21.6. The zero-order valence-corrected chi connectivity index (χ0v) is 10.4. The minimum atomic E-state index is 0.153. The Morgan fingerprint density at radius 3 is 3.12 bits per heavy atom. The monoisotopic (exact) mass is 235 g/mol. The second-order valence-electron chi connectivity index (χ2n) is 4.23. The fraction of sp³-hybridized carbons (Fsp3) is 0.462. The second-order valence-corrected chi connectivity index (χ2v) is 5.20. The lowest BCUT2D eigenvalue weighted by molar-refractivity contribution is -0.129. The Bertz CT molecular complexity index is 369. The summed E-state index contributed by atoms with van der Waals surface area (Å²) in [5, 5.41) is 2.02. The number of hydrogen-bond acceptors (Lipinski definition) is 2. The summed E-state index contributed by atoms with van der Waals surface area (Å²) in [5.41, 5.74) is 0. The molecule has 1 aromatic rings. The number of hydrogen-bond donors (Lipinski definition) is 0. The Hall–Kier alpha value is -1.09. The first-order valence-electron chi connectivity index (χ1n) is 5.79. The zero-order chi connectivity index (χ0) is 11.4. The molecule has 1 unspecified atom stereocenters. The van der Waals surface area contributed by atoms with Crippen LogP contribution in [0.1, 0.15) is 31.1 Å². The van der Waals surface area contributed by atoms with Crippen molar-refractivity contribution in [3.05, 3.63) is 28.5 Å². The molecule has 1 fully saturated rings. The molecule has 1 aliphatic rings. The van der Waals surface area contributed by atoms with Gasteiger partial charge in [0.15, 0.2) is 0 Å². The molecule has 2 heterocycles. The lowest BCUT2D eigenvalue weighted by Gasteiger charge is -2.32. The average Bonchev–Trinajstić information content (AvgIpc) is 2.79. The number of thiophene rings is 1. The van der Waals surface area contributed by atoms with Crippen LogP contribution in [0.25, 0.3) is 6.08 Å². The smallest absolute Gasteiger partial charge is 0.246 e. The average molecular weight is 235 g/mol. The summed E-state index contributed by atoms with van der Waals surface area (Å²) >= 11 is 1.65. The van der Waals surface area contributed by atoms with Gasteiger partial charge in [0, 0.05) is 23.5 Å². The minimum Gasteiger partial charge on any atom is -0.336 e. The van der Waals surface area contributed by atoms with Crippen molar-refractivity contribution < 1.29 is 4.79 Å². The topological polar surface area (TPSA) is 20.3 Å². The van der Waals surface area contributed by atoms with E-state index in [0.29, 0.717) is 6.04 Å². The lowest BCUT2D eigenvalue weighted by Crippen LogP contribution is -2.41. The van der Waals surface area contributed by atoms with Gasteiger partial charge in [0.05, 0.1) is 0 Å². The van der Waals surface area contributed by atoms with Crippen molar-refractivity contribution in [1.82, 2.24) is 4.90 Å². The van der Waals surface area contributed by atoms with Gasteiger partial charge < -0.3 is 4.90 Å². The molecule has 1 saturated heterocycles. The Labute approximate surface area is 101 Å². The Morgan fingerprint density at radius 1 is 1.56 bits per heavy atom. The van der Waals surface area contributed by atoms with Gasteiger partial charge in [-0.15, -0.1) is 11.3 Å². The molecule has 2 rings (SSSR count). The quantitative estimate of drug-likeness (QED) is 0.721. The van der Waals surface area contributed by atoms with Gasteiger partial charge in [0.1, 0.15) is 0 Å². The highest BCUT2D eigenvalue weighted by molar-refractivity contribution is 7.10. The fourth-order valence-corrected chi connectivity index (χ4v) is 2.68. The van der Waals surface area contributed by atoms with Crippen molar-refractivity contribution in [2.75, 3.05) is 6.54 Å². The summed E-state index contributed by atoms with van der Waals surface area (Å²) < 4.78 is 0. The van der Waals surface area contributed by atoms with Crippen molar-refractivity contribution in [2.45, 2.75) is 32.2 Å². The predicted octanol–water partition coefficient (Wildman–Crippen LogP) is 3.16. The third-order valence-electron chi connectivity index (χ3n) is 3.02. The molecule has 16 heavy (non-hydrogen) atoms. The van der Waals surface area contributed by atoms with Gasteiger partial charge in [0.25, 0.3) is 0 Å². The third-order valence-corrected chi connectivity index (χ3v) is 3.86. The maximum atomic E-state index is 11.9. The molecule has 0 saturated carbocycles. The Balaban J connectivity index is 1.97. The maximum Gasteiger partial charge on any atom is 0.246 e. The number of carbonyl (C=O) groups is 1. The van der Waals surface area contributed by atoms with E-state index in [4.69, 9.17) is 0 Å². The molecular formula is C13H17NOS. The summed E-state index contributed by atoms with van der Waals surface area (Å²) in [5.74, 6) is 0.153. The summed E-state index contributed by atoms with van der Waals surface area (Å²) in [6, 6.07) is 4.42. The number of rotatable bonds is 2. The summed E-state index contributed by atoms with van der Waals surface area (Å²) in [4.78, 5) is 15.1. The molecule has 0 bridgehead atoms. The van der Waals surface area contributed by atoms with Crippen LogP contribution in [0.2, 0.25) is 0 Å². The maximum absolute atomic E-state index is 11.9. The van der Waals surface area contributed by atoms with E-state index in [9.17, 15) is 4.79 Å². The molecule has 86 valence electrons. The van der Waals surface area contributed by atoms with Crippen molar-refractivity contribution >= 4 is 23.3 Å². The van der Waals surface area contributed by atoms with Crippen LogP contribution in [0, 0.1) is 0 Å². The fourth-order valence-electron chi connectivity index (χ4n) is 2.06. The van der Waals surface area contributed by atoms with Crippen LogP contribution in [-0.2, 0) is 4.79 Å². The number of piperidine rings is 1. The van der Waals surface area contributed by atoms with E-state index in [2.05, 4.69) is 6.92 Å². The van der Waals surface area contributed by atoms with Crippen LogP contribution in [0.15, 0.2) is 23.6 Å². The highest BCUT2D eigenvalue weighted by Crippen LogP contribution is 2.17. The number of likely N-dealkylation sites (tertiary alicyclic amines) is 1. The van der Waals surface area contributed by atoms with Crippen molar-refractivity contribution in [3.8, 4) is 0 Å². The van der Waals surface area contributed by atoms with Crippen LogP contribution in [0.3, 0.4) is 0 Å². The van der Waals surface area contributed by atoms with E-state index >= 15 is 0 Å². The van der Waals surface area contributed by atoms with E-state index in [1.807, 2.05) is 28.5 Å². The van der Waals surface area contributed by atoms with E-state index < -0.39 is 0 Å². The third kappa shape index (κ3) is 2.73. The van der Waals surface area contributed by atoms with E-state index in [1.54, 1.807) is 17.4 Å². The molecule has 0 aliphatic carbocycles. The van der Waals surface area contributed by atoms with Crippen LogP contribution < -0.4 is 0 Å². The number of nitrogens with zero attached hydrogens (tertiary/aromatic N) is 1. The lowest BCUT2D eigenvalue weighted by atomic mass is 10.0. The van der Waals surface area contributed by atoms with Gasteiger partial charge in [-0.3, -0.25) is 4.79 Å². The Kier molecular flexibility index (Phi) is 3.78. The van der Waals surface area contributed by atoms with Gasteiger partial charge in [-0.05, 0) is 43.7 Å². The molecule has 0 radical (unpaired) electrons. The summed E-state index contributed by atoms with van der Waals surface area (Å²) in [6.45, 7) is 3.05. The van der Waals surface area contributed by atoms with Crippen molar-refractivity contribution in [1.29, 1.82) is 0 Å². The first-order valence-corrected chi connectivity index (χ1v) is 6.67. The predicted molar refractivity (Wildman–Crippen MR) is 68.4 cm³/mol. The molecule has 0 aromatic carbocycles. The van der Waals surface area contributed by atoms with Gasteiger partial charge in [-0.2, -0.15) is 0 Å². The number of carbonyl (C=O) groups excluding carboxylic acids is 1. The second kappa shape index (κ2) is 5.30. The van der Waals surface area contributed by atoms with Crippen LogP contribution in [0.5, 0.6) is 0 Å². The van der Waals surface area contributed by atoms with E-state index in [0.717, 1.165) is 24.3 Å². The molecule has 1 atom stereocenters. The first kappa shape index (κ1) is 11.4. The van der Waals surface area contributed by atoms with Gasteiger partial charge in [-0.1, -0.05) is 6.07 Å². The van der Waals surface area contributed by atoms with E-state index in [1.165, 1.54) is 6.42 Å². The Morgan fingerprint density at radius 2 is 2.44 bits per heavy atom. The van der Waals surface area contributed by atoms with Crippen molar-refractivity contribution in [3.63, 3.8) is 0 Å².